The number of rotatable bonds is 4. The number of fused-ring (bicyclic) bond motifs is 1. The van der Waals surface area contributed by atoms with Gasteiger partial charge in [0.25, 0.3) is 0 Å². The van der Waals surface area contributed by atoms with Crippen molar-refractivity contribution in [3.63, 3.8) is 0 Å². The monoisotopic (exact) mass is 414 g/mol. The molecule has 1 aliphatic rings. The lowest BCUT2D eigenvalue weighted by Crippen LogP contribution is -1.99. The molecule has 1 aliphatic heterocycles. The fourth-order valence-corrected chi connectivity index (χ4v) is 3.44. The summed E-state index contributed by atoms with van der Waals surface area (Å²) in [5.41, 5.74) is 2.07. The normalized spacial score (nSPS) is 14.3. The van der Waals surface area contributed by atoms with Crippen LogP contribution in [-0.4, -0.2) is 5.78 Å². The molecule has 4 nitrogen and oxygen atoms in total. The van der Waals surface area contributed by atoms with Gasteiger partial charge in [-0.05, 0) is 50.2 Å². The molecule has 0 spiro atoms. The van der Waals surface area contributed by atoms with Crippen LogP contribution in [0.5, 0.6) is 11.5 Å². The molecule has 0 amide bonds. The fraction of sp³-hybridized carbons (Fsp3) is 0.136. The predicted octanol–water partition coefficient (Wildman–Crippen LogP) is 6.40. The first-order valence-electron chi connectivity index (χ1n) is 8.63. The highest BCUT2D eigenvalue weighted by atomic mass is 35.5. The molecule has 2 heterocycles. The zero-order valence-electron chi connectivity index (χ0n) is 15.2. The number of ether oxygens (including phenoxy) is 2. The summed E-state index contributed by atoms with van der Waals surface area (Å²) in [6, 6.07) is 12.3. The smallest absolute Gasteiger partial charge is 0.232 e. The first-order valence-corrected chi connectivity index (χ1v) is 9.39. The van der Waals surface area contributed by atoms with Crippen LogP contribution in [0, 0.1) is 13.8 Å². The average Bonchev–Trinajstić information content (AvgIpc) is 3.20. The molecule has 0 fully saturated rings. The maximum atomic E-state index is 12.6. The molecule has 0 saturated heterocycles. The summed E-state index contributed by atoms with van der Waals surface area (Å²) in [5, 5.41) is 1.11. The van der Waals surface area contributed by atoms with Crippen molar-refractivity contribution in [2.24, 2.45) is 0 Å². The van der Waals surface area contributed by atoms with Crippen molar-refractivity contribution in [2.45, 2.75) is 20.5 Å². The Morgan fingerprint density at radius 1 is 1.07 bits per heavy atom. The van der Waals surface area contributed by atoms with Gasteiger partial charge in [0.1, 0.15) is 29.6 Å². The lowest BCUT2D eigenvalue weighted by atomic mass is 10.1. The van der Waals surface area contributed by atoms with Crippen LogP contribution in [0.1, 0.15) is 33.0 Å². The Morgan fingerprint density at radius 3 is 2.61 bits per heavy atom. The molecule has 0 atom stereocenters. The number of carbonyl (C=O) groups excluding carboxylic acids is 1. The van der Waals surface area contributed by atoms with Gasteiger partial charge in [-0.3, -0.25) is 4.79 Å². The highest BCUT2D eigenvalue weighted by Gasteiger charge is 2.30. The van der Waals surface area contributed by atoms with Crippen molar-refractivity contribution in [2.75, 3.05) is 0 Å². The van der Waals surface area contributed by atoms with Crippen LogP contribution in [0.3, 0.4) is 0 Å². The Kier molecular flexibility index (Phi) is 4.92. The van der Waals surface area contributed by atoms with Gasteiger partial charge in [-0.1, -0.05) is 29.3 Å². The van der Waals surface area contributed by atoms with Gasteiger partial charge in [-0.15, -0.1) is 0 Å². The van der Waals surface area contributed by atoms with E-state index in [-0.39, 0.29) is 18.1 Å². The van der Waals surface area contributed by atoms with Crippen LogP contribution in [0.4, 0.5) is 0 Å². The van der Waals surface area contributed by atoms with Crippen LogP contribution in [0.25, 0.3) is 6.08 Å². The molecular formula is C22H16Cl2O4. The maximum absolute atomic E-state index is 12.6. The molecule has 2 aromatic carbocycles. The SMILES string of the molecule is Cc1ccc(/C=C2\Oc3c(ccc(OCc4ccc(Cl)cc4Cl)c3C)C2=O)o1. The summed E-state index contributed by atoms with van der Waals surface area (Å²) in [5.74, 6) is 2.50. The van der Waals surface area contributed by atoms with Crippen LogP contribution >= 0.6 is 23.2 Å². The third-order valence-corrected chi connectivity index (χ3v) is 5.06. The molecule has 28 heavy (non-hydrogen) atoms. The van der Waals surface area contributed by atoms with Crippen LogP contribution < -0.4 is 9.47 Å². The van der Waals surface area contributed by atoms with Crippen molar-refractivity contribution in [1.29, 1.82) is 0 Å². The van der Waals surface area contributed by atoms with Crippen molar-refractivity contribution in [3.05, 3.63) is 86.5 Å². The summed E-state index contributed by atoms with van der Waals surface area (Å²) >= 11 is 12.1. The van der Waals surface area contributed by atoms with Crippen LogP contribution in [-0.2, 0) is 6.61 Å². The maximum Gasteiger partial charge on any atom is 0.232 e. The van der Waals surface area contributed by atoms with E-state index in [1.54, 1.807) is 36.4 Å². The molecule has 0 saturated carbocycles. The Labute approximate surface area is 172 Å². The van der Waals surface area contributed by atoms with Gasteiger partial charge in [-0.25, -0.2) is 0 Å². The molecule has 142 valence electrons. The number of hydrogen-bond donors (Lipinski definition) is 0. The minimum absolute atomic E-state index is 0.181. The van der Waals surface area contributed by atoms with E-state index in [0.717, 1.165) is 16.9 Å². The summed E-state index contributed by atoms with van der Waals surface area (Å²) in [6.07, 6.45) is 1.60. The first-order chi connectivity index (χ1) is 13.4. The quantitative estimate of drug-likeness (QED) is 0.463. The number of carbonyl (C=O) groups is 1. The molecule has 0 radical (unpaired) electrons. The summed E-state index contributed by atoms with van der Waals surface area (Å²) < 4.78 is 17.2. The Balaban J connectivity index is 1.57. The van der Waals surface area contributed by atoms with Gasteiger partial charge in [0.2, 0.25) is 5.78 Å². The van der Waals surface area contributed by atoms with E-state index in [9.17, 15) is 4.79 Å². The Bertz CT molecular complexity index is 1110. The van der Waals surface area contributed by atoms with Gasteiger partial charge in [0, 0.05) is 27.2 Å². The lowest BCUT2D eigenvalue weighted by Gasteiger charge is -2.12. The zero-order chi connectivity index (χ0) is 19.8. The van der Waals surface area contributed by atoms with Gasteiger partial charge in [0.05, 0.1) is 5.56 Å². The molecule has 0 aliphatic carbocycles. The number of aryl methyl sites for hydroxylation is 1. The minimum Gasteiger partial charge on any atom is -0.488 e. The Morgan fingerprint density at radius 2 is 1.89 bits per heavy atom. The molecule has 4 rings (SSSR count). The summed E-state index contributed by atoms with van der Waals surface area (Å²) in [7, 11) is 0. The number of ketones is 1. The van der Waals surface area contributed by atoms with E-state index >= 15 is 0 Å². The second-order valence-electron chi connectivity index (χ2n) is 6.48. The van der Waals surface area contributed by atoms with Gasteiger partial charge in [-0.2, -0.15) is 0 Å². The summed E-state index contributed by atoms with van der Waals surface area (Å²) in [4.78, 5) is 12.6. The van der Waals surface area contributed by atoms with Crippen molar-refractivity contribution in [3.8, 4) is 11.5 Å². The standard InChI is InChI=1S/C22H16Cl2O4/c1-12-3-6-16(27-12)10-20-21(25)17-7-8-19(13(2)22(17)28-20)26-11-14-4-5-15(23)9-18(14)24/h3-10H,11H2,1-2H3/b20-10-. The van der Waals surface area contributed by atoms with Crippen molar-refractivity contribution >= 4 is 35.1 Å². The second-order valence-corrected chi connectivity index (χ2v) is 7.32. The average molecular weight is 415 g/mol. The number of furan rings is 1. The number of halogens is 2. The predicted molar refractivity (Wildman–Crippen MR) is 108 cm³/mol. The van der Waals surface area contributed by atoms with Crippen molar-refractivity contribution < 1.29 is 18.7 Å². The van der Waals surface area contributed by atoms with E-state index in [1.807, 2.05) is 26.0 Å². The molecule has 6 heteroatoms. The van der Waals surface area contributed by atoms with Gasteiger partial charge in [0.15, 0.2) is 5.76 Å². The van der Waals surface area contributed by atoms with Crippen molar-refractivity contribution in [1.82, 2.24) is 0 Å². The van der Waals surface area contributed by atoms with Crippen LogP contribution in [0.15, 0.2) is 52.6 Å². The molecule has 3 aromatic rings. The highest BCUT2D eigenvalue weighted by Crippen LogP contribution is 2.39. The number of benzene rings is 2. The number of hydrogen-bond acceptors (Lipinski definition) is 4. The Hall–Kier alpha value is -2.69. The van der Waals surface area contributed by atoms with E-state index < -0.39 is 0 Å². The molecule has 1 aromatic heterocycles. The lowest BCUT2D eigenvalue weighted by molar-refractivity contribution is 0.101. The third-order valence-electron chi connectivity index (χ3n) is 4.47. The number of allylic oxidation sites excluding steroid dienone is 1. The second kappa shape index (κ2) is 7.38. The zero-order valence-corrected chi connectivity index (χ0v) is 16.7. The van der Waals surface area contributed by atoms with Gasteiger partial charge < -0.3 is 13.9 Å². The fourth-order valence-electron chi connectivity index (χ4n) is 2.98. The van der Waals surface area contributed by atoms with Gasteiger partial charge >= 0.3 is 0 Å². The van der Waals surface area contributed by atoms with E-state index in [0.29, 0.717) is 32.9 Å². The molecular weight excluding hydrogens is 399 g/mol. The largest absolute Gasteiger partial charge is 0.488 e. The third kappa shape index (κ3) is 3.53. The molecule has 0 N–H and O–H groups in total. The van der Waals surface area contributed by atoms with Crippen LogP contribution in [0.2, 0.25) is 10.0 Å². The molecule has 0 unspecified atom stereocenters. The summed E-state index contributed by atoms with van der Waals surface area (Å²) in [6.45, 7) is 3.97. The number of Topliss-reactive ketones (excluding diaryl/α,β-unsaturated/α-hetero) is 1. The van der Waals surface area contributed by atoms with E-state index in [2.05, 4.69) is 0 Å². The first kappa shape index (κ1) is 18.7. The highest BCUT2D eigenvalue weighted by molar-refractivity contribution is 6.35. The topological polar surface area (TPSA) is 48.7 Å². The van der Waals surface area contributed by atoms with E-state index in [4.69, 9.17) is 37.1 Å². The minimum atomic E-state index is -0.181. The van der Waals surface area contributed by atoms with E-state index in [1.165, 1.54) is 0 Å². The molecule has 0 bridgehead atoms.